The number of aromatic carboxylic acids is 1. The Morgan fingerprint density at radius 1 is 1.58 bits per heavy atom. The van der Waals surface area contributed by atoms with Crippen LogP contribution in [0.15, 0.2) is 24.5 Å². The van der Waals surface area contributed by atoms with Gasteiger partial charge in [-0.05, 0) is 12.1 Å². The van der Waals surface area contributed by atoms with Crippen molar-refractivity contribution in [1.29, 1.82) is 0 Å². The van der Waals surface area contributed by atoms with Crippen molar-refractivity contribution in [2.24, 2.45) is 0 Å². The Morgan fingerprint density at radius 3 is 2.42 bits per heavy atom. The van der Waals surface area contributed by atoms with Gasteiger partial charge in [0.25, 0.3) is 0 Å². The summed E-state index contributed by atoms with van der Waals surface area (Å²) in [6.45, 7) is 0. The van der Waals surface area contributed by atoms with Crippen LogP contribution in [0.2, 0.25) is 0 Å². The van der Waals surface area contributed by atoms with E-state index in [9.17, 15) is 4.79 Å². The fourth-order valence-corrected chi connectivity index (χ4v) is 0.489. The van der Waals surface area contributed by atoms with Crippen LogP contribution in [-0.2, 0) is 0 Å². The third kappa shape index (κ3) is 3.86. The van der Waals surface area contributed by atoms with Gasteiger partial charge in [0, 0.05) is 12.4 Å². The smallest absolute Gasteiger partial charge is 0.337 e. The highest BCUT2D eigenvalue weighted by Crippen LogP contribution is 1.92. The molecule has 1 aromatic rings. The molecule has 6 heteroatoms. The Bertz CT molecular complexity index is 279. The molecule has 0 radical (unpaired) electrons. The molecule has 1 rings (SSSR count). The number of carboxylic acid groups (broad SMARTS) is 1. The molecule has 12 heavy (non-hydrogen) atoms. The molecule has 0 unspecified atom stereocenters. The Hall–Kier alpha value is -2.07. The molecule has 0 atom stereocenters. The van der Waals surface area contributed by atoms with E-state index in [1.165, 1.54) is 23.4 Å². The molecule has 0 saturated heterocycles. The molecule has 6 nitrogen and oxygen atoms in total. The van der Waals surface area contributed by atoms with Crippen molar-refractivity contribution in [2.75, 3.05) is 0 Å². The minimum atomic E-state index is -0.942. The van der Waals surface area contributed by atoms with Gasteiger partial charge in [0.2, 0.25) is 0 Å². The fraction of sp³-hybridized carbons (Fsp3) is 0. The van der Waals surface area contributed by atoms with E-state index in [4.69, 9.17) is 16.2 Å². The van der Waals surface area contributed by atoms with Crippen molar-refractivity contribution in [3.63, 3.8) is 0 Å². The summed E-state index contributed by atoms with van der Waals surface area (Å²) in [5.74, 6) is -0.942. The number of nitrogens with zero attached hydrogens (tertiary/aromatic N) is 4. The topological polar surface area (TPSA) is 109 Å². The molecular weight excluding hydrogens is 160 g/mol. The molecular formula is C6H5N4O2-. The van der Waals surface area contributed by atoms with Gasteiger partial charge < -0.3 is 16.2 Å². The van der Waals surface area contributed by atoms with Gasteiger partial charge in [-0.2, -0.15) is 0 Å². The molecule has 0 bridgehead atoms. The number of carbonyl (C=O) groups is 1. The zero-order chi connectivity index (χ0) is 9.40. The van der Waals surface area contributed by atoms with Gasteiger partial charge in [0.05, 0.1) is 5.56 Å². The first kappa shape index (κ1) is 9.93. The second-order valence-corrected chi connectivity index (χ2v) is 1.64. The van der Waals surface area contributed by atoms with Gasteiger partial charge in [-0.15, -0.1) is 0 Å². The molecule has 0 aliphatic carbocycles. The highest BCUT2D eigenvalue weighted by molar-refractivity contribution is 5.86. The summed E-state index contributed by atoms with van der Waals surface area (Å²) in [7, 11) is 0. The predicted octanol–water partition coefficient (Wildman–Crippen LogP) is 1.65. The second-order valence-electron chi connectivity index (χ2n) is 1.64. The van der Waals surface area contributed by atoms with Gasteiger partial charge >= 0.3 is 5.97 Å². The Morgan fingerprint density at radius 2 is 2.17 bits per heavy atom. The van der Waals surface area contributed by atoms with E-state index in [0.717, 1.165) is 0 Å². The van der Waals surface area contributed by atoms with Crippen molar-refractivity contribution in [3.05, 3.63) is 46.1 Å². The first-order valence-corrected chi connectivity index (χ1v) is 2.84. The highest BCUT2D eigenvalue weighted by Gasteiger charge is 1.97. The third-order valence-corrected chi connectivity index (χ3v) is 0.908. The number of pyridine rings is 1. The van der Waals surface area contributed by atoms with Gasteiger partial charge in [-0.1, -0.05) is 0 Å². The first-order valence-electron chi connectivity index (χ1n) is 2.84. The molecule has 1 heterocycles. The van der Waals surface area contributed by atoms with E-state index in [1.807, 2.05) is 0 Å². The van der Waals surface area contributed by atoms with Gasteiger partial charge in [-0.25, -0.2) is 4.79 Å². The number of aromatic nitrogens is 1. The maximum absolute atomic E-state index is 10.2. The summed E-state index contributed by atoms with van der Waals surface area (Å²) in [5, 5.41) is 8.34. The van der Waals surface area contributed by atoms with Crippen LogP contribution in [-0.4, -0.2) is 16.1 Å². The highest BCUT2D eigenvalue weighted by atomic mass is 16.4. The summed E-state index contributed by atoms with van der Waals surface area (Å²) >= 11 is 0. The number of hydrogen-bond donors (Lipinski definition) is 1. The largest absolute Gasteiger partial charge is 0.478 e. The Kier molecular flexibility index (Phi) is 4.71. The predicted molar refractivity (Wildman–Crippen MR) is 41.3 cm³/mol. The van der Waals surface area contributed by atoms with Crippen molar-refractivity contribution in [1.82, 2.24) is 4.98 Å². The van der Waals surface area contributed by atoms with Crippen molar-refractivity contribution < 1.29 is 9.90 Å². The van der Waals surface area contributed by atoms with Crippen LogP contribution in [0.5, 0.6) is 0 Å². The monoisotopic (exact) mass is 165 g/mol. The average Bonchev–Trinajstić information content (AvgIpc) is 2.07. The normalized spacial score (nSPS) is 7.33. The lowest BCUT2D eigenvalue weighted by molar-refractivity contribution is 0.0696. The molecule has 0 amide bonds. The molecule has 1 N–H and O–H groups in total. The van der Waals surface area contributed by atoms with Crippen molar-refractivity contribution in [2.45, 2.75) is 0 Å². The van der Waals surface area contributed by atoms with Crippen LogP contribution in [0.25, 0.3) is 16.0 Å². The van der Waals surface area contributed by atoms with E-state index in [1.54, 1.807) is 6.07 Å². The first-order chi connectivity index (χ1) is 5.72. The lowest BCUT2D eigenvalue weighted by Crippen LogP contribution is -1.94. The van der Waals surface area contributed by atoms with Gasteiger partial charge in [0.15, 0.2) is 0 Å². The minimum absolute atomic E-state index is 0.220. The van der Waals surface area contributed by atoms with Crippen molar-refractivity contribution >= 4 is 5.97 Å². The summed E-state index contributed by atoms with van der Waals surface area (Å²) in [5.41, 5.74) is 13.7. The molecule has 0 fully saturated rings. The fourth-order valence-electron chi connectivity index (χ4n) is 0.489. The Balaban J connectivity index is 0.000000354. The molecule has 0 aliphatic heterocycles. The van der Waals surface area contributed by atoms with Crippen LogP contribution in [0.3, 0.4) is 0 Å². The van der Waals surface area contributed by atoms with Gasteiger partial charge in [0.1, 0.15) is 0 Å². The van der Waals surface area contributed by atoms with Crippen LogP contribution in [0.4, 0.5) is 0 Å². The van der Waals surface area contributed by atoms with Gasteiger partial charge in [-0.3, -0.25) is 9.90 Å². The second kappa shape index (κ2) is 5.70. The van der Waals surface area contributed by atoms with Crippen LogP contribution < -0.4 is 0 Å². The summed E-state index contributed by atoms with van der Waals surface area (Å²) < 4.78 is 0. The molecule has 0 saturated carbocycles. The zero-order valence-electron chi connectivity index (χ0n) is 5.95. The number of carboxylic acids is 1. The third-order valence-electron chi connectivity index (χ3n) is 0.908. The summed E-state index contributed by atoms with van der Waals surface area (Å²) in [4.78, 5) is 15.3. The average molecular weight is 165 g/mol. The van der Waals surface area contributed by atoms with Crippen LogP contribution in [0.1, 0.15) is 10.4 Å². The maximum Gasteiger partial charge on any atom is 0.337 e. The molecule has 62 valence electrons. The zero-order valence-corrected chi connectivity index (χ0v) is 5.95. The van der Waals surface area contributed by atoms with Crippen molar-refractivity contribution in [3.8, 4) is 0 Å². The van der Waals surface area contributed by atoms with E-state index in [2.05, 4.69) is 4.98 Å². The molecule has 0 aliphatic rings. The maximum atomic E-state index is 10.2. The molecule has 1 aromatic heterocycles. The van der Waals surface area contributed by atoms with E-state index in [-0.39, 0.29) is 5.56 Å². The standard InChI is InChI=1S/C6H5NO2.N3/c8-6(9)5-2-1-3-7-4-5;1-3-2/h1-4H,(H,8,9);/q;-1. The van der Waals surface area contributed by atoms with E-state index >= 15 is 0 Å². The van der Waals surface area contributed by atoms with E-state index in [0.29, 0.717) is 0 Å². The minimum Gasteiger partial charge on any atom is -0.478 e. The van der Waals surface area contributed by atoms with E-state index < -0.39 is 5.97 Å². The number of rotatable bonds is 1. The van der Waals surface area contributed by atoms with Crippen LogP contribution >= 0.6 is 0 Å². The van der Waals surface area contributed by atoms with Crippen LogP contribution in [0, 0.1) is 0 Å². The lowest BCUT2D eigenvalue weighted by atomic mass is 10.3. The summed E-state index contributed by atoms with van der Waals surface area (Å²) in [6, 6.07) is 3.08. The SMILES string of the molecule is O=C(O)c1cccnc1.[N-]=[N+]=[N-]. The molecule has 0 aromatic carbocycles. The lowest BCUT2D eigenvalue weighted by Gasteiger charge is -1.87. The Labute approximate surface area is 67.9 Å². The molecule has 0 spiro atoms. The summed E-state index contributed by atoms with van der Waals surface area (Å²) in [6.07, 6.45) is 2.84. The quantitative estimate of drug-likeness (QED) is 0.388. The number of hydrogen-bond acceptors (Lipinski definition) is 2.